The molecule has 122 valence electrons. The van der Waals surface area contributed by atoms with Crippen LogP contribution in [0.1, 0.15) is 21.9 Å². The topological polar surface area (TPSA) is 92.9 Å². The van der Waals surface area contributed by atoms with Crippen molar-refractivity contribution in [3.05, 3.63) is 59.4 Å². The number of anilines is 3. The van der Waals surface area contributed by atoms with Gasteiger partial charge in [0.2, 0.25) is 5.95 Å². The minimum atomic E-state index is -0.448. The van der Waals surface area contributed by atoms with Gasteiger partial charge in [-0.3, -0.25) is 4.79 Å². The number of hydrogen-bond donors (Lipinski definition) is 2. The fraction of sp³-hybridized carbons (Fsp3) is 0.125. The minimum absolute atomic E-state index is 0.155. The van der Waals surface area contributed by atoms with Crippen molar-refractivity contribution in [1.29, 1.82) is 0 Å². The first kappa shape index (κ1) is 15.6. The van der Waals surface area contributed by atoms with E-state index in [2.05, 4.69) is 25.8 Å². The largest absolute Gasteiger partial charge is 0.360 e. The van der Waals surface area contributed by atoms with Crippen molar-refractivity contribution in [2.24, 2.45) is 0 Å². The number of carbonyl (C=O) groups is 1. The van der Waals surface area contributed by atoms with E-state index in [4.69, 9.17) is 4.52 Å². The first-order valence-electron chi connectivity index (χ1n) is 7.12. The van der Waals surface area contributed by atoms with Crippen molar-refractivity contribution in [2.75, 3.05) is 10.6 Å². The zero-order chi connectivity index (χ0) is 17.1. The second-order valence-electron chi connectivity index (χ2n) is 5.13. The zero-order valence-electron chi connectivity index (χ0n) is 13.0. The number of halogens is 1. The van der Waals surface area contributed by atoms with Gasteiger partial charge in [0.15, 0.2) is 5.82 Å². The van der Waals surface area contributed by atoms with E-state index in [0.717, 1.165) is 0 Å². The Hall–Kier alpha value is -3.29. The molecule has 0 atom stereocenters. The second kappa shape index (κ2) is 6.45. The molecule has 8 heteroatoms. The van der Waals surface area contributed by atoms with Gasteiger partial charge in [0.05, 0.1) is 0 Å². The number of nitrogens with one attached hydrogen (secondary N) is 2. The van der Waals surface area contributed by atoms with Gasteiger partial charge in [-0.2, -0.15) is 0 Å². The Morgan fingerprint density at radius 3 is 2.71 bits per heavy atom. The highest BCUT2D eigenvalue weighted by atomic mass is 19.1. The minimum Gasteiger partial charge on any atom is -0.360 e. The lowest BCUT2D eigenvalue weighted by molar-refractivity contribution is 0.102. The van der Waals surface area contributed by atoms with Crippen molar-refractivity contribution < 1.29 is 13.7 Å². The van der Waals surface area contributed by atoms with Crippen LogP contribution in [0, 0.1) is 19.7 Å². The van der Waals surface area contributed by atoms with Gasteiger partial charge in [0.25, 0.3) is 5.91 Å². The third kappa shape index (κ3) is 3.72. The SMILES string of the molecule is Cc1cc(C(=O)Nc2cc(C)on2)nc(Nc2cccc(F)c2)n1. The van der Waals surface area contributed by atoms with Crippen LogP contribution in [0.25, 0.3) is 0 Å². The molecule has 0 aliphatic rings. The average Bonchev–Trinajstić information content (AvgIpc) is 2.91. The average molecular weight is 327 g/mol. The predicted molar refractivity (Wildman–Crippen MR) is 85.6 cm³/mol. The molecule has 0 bridgehead atoms. The Balaban J connectivity index is 1.81. The van der Waals surface area contributed by atoms with Crippen molar-refractivity contribution in [2.45, 2.75) is 13.8 Å². The van der Waals surface area contributed by atoms with Crippen LogP contribution in [0.4, 0.5) is 21.8 Å². The Labute approximate surface area is 136 Å². The summed E-state index contributed by atoms with van der Waals surface area (Å²) in [6.45, 7) is 3.45. The summed E-state index contributed by atoms with van der Waals surface area (Å²) in [5.41, 5.74) is 1.23. The number of nitrogens with zero attached hydrogens (tertiary/aromatic N) is 3. The molecule has 1 aromatic carbocycles. The second-order valence-corrected chi connectivity index (χ2v) is 5.13. The quantitative estimate of drug-likeness (QED) is 0.764. The molecule has 0 saturated heterocycles. The van der Waals surface area contributed by atoms with Crippen LogP contribution >= 0.6 is 0 Å². The van der Waals surface area contributed by atoms with E-state index >= 15 is 0 Å². The fourth-order valence-corrected chi connectivity index (χ4v) is 2.04. The van der Waals surface area contributed by atoms with Gasteiger partial charge in [-0.1, -0.05) is 11.2 Å². The van der Waals surface area contributed by atoms with E-state index < -0.39 is 5.91 Å². The van der Waals surface area contributed by atoms with Crippen LogP contribution in [0.15, 0.2) is 40.9 Å². The number of rotatable bonds is 4. The predicted octanol–water partition coefficient (Wildman–Crippen LogP) is 3.22. The van der Waals surface area contributed by atoms with Gasteiger partial charge in [0.1, 0.15) is 17.3 Å². The van der Waals surface area contributed by atoms with E-state index in [1.165, 1.54) is 12.1 Å². The molecule has 0 aliphatic carbocycles. The highest BCUT2D eigenvalue weighted by Crippen LogP contribution is 2.16. The van der Waals surface area contributed by atoms with E-state index in [-0.39, 0.29) is 17.5 Å². The highest BCUT2D eigenvalue weighted by molar-refractivity contribution is 6.02. The van der Waals surface area contributed by atoms with Crippen LogP contribution in [-0.4, -0.2) is 21.0 Å². The Bertz CT molecular complexity index is 894. The van der Waals surface area contributed by atoms with Crippen molar-refractivity contribution >= 4 is 23.4 Å². The summed E-state index contributed by atoms with van der Waals surface area (Å²) in [4.78, 5) is 20.6. The summed E-state index contributed by atoms with van der Waals surface area (Å²) < 4.78 is 18.1. The number of aromatic nitrogens is 3. The summed E-state index contributed by atoms with van der Waals surface area (Å²) in [7, 11) is 0. The number of aryl methyl sites for hydroxylation is 2. The number of hydrogen-bond acceptors (Lipinski definition) is 6. The third-order valence-electron chi connectivity index (χ3n) is 3.04. The molecule has 2 N–H and O–H groups in total. The first-order valence-corrected chi connectivity index (χ1v) is 7.12. The standard InChI is InChI=1S/C16H14FN5O2/c1-9-6-13(15(23)21-14-7-10(2)24-22-14)20-16(18-9)19-12-5-3-4-11(17)8-12/h3-8H,1-2H3,(H,18,19,20)(H,21,22,23). The Kier molecular flexibility index (Phi) is 4.19. The number of carbonyl (C=O) groups excluding carboxylic acids is 1. The molecule has 7 nitrogen and oxygen atoms in total. The van der Waals surface area contributed by atoms with Gasteiger partial charge in [0, 0.05) is 17.4 Å². The maximum Gasteiger partial charge on any atom is 0.275 e. The van der Waals surface area contributed by atoms with Gasteiger partial charge < -0.3 is 15.2 Å². The molecule has 1 amide bonds. The van der Waals surface area contributed by atoms with Gasteiger partial charge in [-0.05, 0) is 38.1 Å². The van der Waals surface area contributed by atoms with Crippen molar-refractivity contribution in [3.63, 3.8) is 0 Å². The molecule has 0 radical (unpaired) electrons. The monoisotopic (exact) mass is 327 g/mol. The van der Waals surface area contributed by atoms with Crippen LogP contribution < -0.4 is 10.6 Å². The lowest BCUT2D eigenvalue weighted by Gasteiger charge is -2.08. The molecule has 24 heavy (non-hydrogen) atoms. The Morgan fingerprint density at radius 1 is 1.17 bits per heavy atom. The molecule has 3 rings (SSSR count). The molecule has 0 spiro atoms. The Morgan fingerprint density at radius 2 is 2.00 bits per heavy atom. The molecular weight excluding hydrogens is 313 g/mol. The molecule has 3 aromatic rings. The van der Waals surface area contributed by atoms with Crippen molar-refractivity contribution in [3.8, 4) is 0 Å². The lowest BCUT2D eigenvalue weighted by atomic mass is 10.3. The van der Waals surface area contributed by atoms with E-state index in [1.807, 2.05) is 0 Å². The zero-order valence-corrected chi connectivity index (χ0v) is 13.0. The normalized spacial score (nSPS) is 10.5. The number of benzene rings is 1. The highest BCUT2D eigenvalue weighted by Gasteiger charge is 2.13. The van der Waals surface area contributed by atoms with Crippen molar-refractivity contribution in [1.82, 2.24) is 15.1 Å². The molecule has 0 unspecified atom stereocenters. The van der Waals surface area contributed by atoms with Crippen LogP contribution in [0.3, 0.4) is 0 Å². The third-order valence-corrected chi connectivity index (χ3v) is 3.04. The van der Waals surface area contributed by atoms with Gasteiger partial charge in [-0.25, -0.2) is 14.4 Å². The molecule has 0 aliphatic heterocycles. The van der Waals surface area contributed by atoms with Gasteiger partial charge in [-0.15, -0.1) is 0 Å². The smallest absolute Gasteiger partial charge is 0.275 e. The molecule has 2 heterocycles. The number of amides is 1. The molecule has 2 aromatic heterocycles. The first-order chi connectivity index (χ1) is 11.5. The summed E-state index contributed by atoms with van der Waals surface area (Å²) in [6, 6.07) is 9.02. The molecule has 0 fully saturated rings. The maximum absolute atomic E-state index is 13.2. The van der Waals surface area contributed by atoms with Gasteiger partial charge >= 0.3 is 0 Å². The summed E-state index contributed by atoms with van der Waals surface area (Å²) in [5.74, 6) is 0.247. The molecule has 0 saturated carbocycles. The van der Waals surface area contributed by atoms with Crippen LogP contribution in [0.2, 0.25) is 0 Å². The van der Waals surface area contributed by atoms with E-state index in [1.54, 1.807) is 38.1 Å². The summed E-state index contributed by atoms with van der Waals surface area (Å²) >= 11 is 0. The van der Waals surface area contributed by atoms with Crippen LogP contribution in [-0.2, 0) is 0 Å². The van der Waals surface area contributed by atoms with Crippen LogP contribution in [0.5, 0.6) is 0 Å². The summed E-state index contributed by atoms with van der Waals surface area (Å²) in [6.07, 6.45) is 0. The fourth-order valence-electron chi connectivity index (χ4n) is 2.04. The van der Waals surface area contributed by atoms with E-state index in [9.17, 15) is 9.18 Å². The summed E-state index contributed by atoms with van der Waals surface area (Å²) in [5, 5.41) is 9.15. The maximum atomic E-state index is 13.2. The molecular formula is C16H14FN5O2. The van der Waals surface area contributed by atoms with E-state index in [0.29, 0.717) is 23.0 Å². The lowest BCUT2D eigenvalue weighted by Crippen LogP contribution is -2.15.